The predicted molar refractivity (Wildman–Crippen MR) is 92.0 cm³/mol. The second-order valence-electron chi connectivity index (χ2n) is 6.33. The number of amides is 1. The van der Waals surface area contributed by atoms with Gasteiger partial charge in [0.15, 0.2) is 0 Å². The Labute approximate surface area is 138 Å². The maximum atomic E-state index is 12.5. The highest BCUT2D eigenvalue weighted by Crippen LogP contribution is 2.31. The molecule has 23 heavy (non-hydrogen) atoms. The van der Waals surface area contributed by atoms with Crippen molar-refractivity contribution >= 4 is 12.0 Å². The van der Waals surface area contributed by atoms with Crippen LogP contribution in [0.2, 0.25) is 0 Å². The highest BCUT2D eigenvalue weighted by Gasteiger charge is 2.33. The summed E-state index contributed by atoms with van der Waals surface area (Å²) in [6.45, 7) is 6.04. The van der Waals surface area contributed by atoms with Gasteiger partial charge in [-0.05, 0) is 18.4 Å². The Morgan fingerprint density at radius 3 is 2.65 bits per heavy atom. The minimum absolute atomic E-state index is 0.282. The van der Waals surface area contributed by atoms with E-state index in [1.807, 2.05) is 23.1 Å². The van der Waals surface area contributed by atoms with E-state index in [9.17, 15) is 4.79 Å². The molecule has 1 aromatic carbocycles. The summed E-state index contributed by atoms with van der Waals surface area (Å²) >= 11 is 0. The van der Waals surface area contributed by atoms with E-state index in [0.717, 1.165) is 52.2 Å². The van der Waals surface area contributed by atoms with Crippen LogP contribution in [0.4, 0.5) is 0 Å². The smallest absolute Gasteiger partial charge is 0.226 e. The molecular weight excluding hydrogens is 288 g/mol. The summed E-state index contributed by atoms with van der Waals surface area (Å²) in [4.78, 5) is 16.9. The summed E-state index contributed by atoms with van der Waals surface area (Å²) in [5.74, 6) is 0.612. The van der Waals surface area contributed by atoms with E-state index in [1.165, 1.54) is 5.56 Å². The Bertz CT molecular complexity index is 519. The zero-order valence-corrected chi connectivity index (χ0v) is 13.7. The molecule has 2 fully saturated rings. The van der Waals surface area contributed by atoms with E-state index < -0.39 is 0 Å². The number of hydrogen-bond acceptors (Lipinski definition) is 3. The van der Waals surface area contributed by atoms with Crippen LogP contribution in [0.3, 0.4) is 0 Å². The minimum atomic E-state index is 0.282. The summed E-state index contributed by atoms with van der Waals surface area (Å²) in [5.41, 5.74) is 1.18. The maximum Gasteiger partial charge on any atom is 0.226 e. The van der Waals surface area contributed by atoms with Crippen molar-refractivity contribution in [2.75, 3.05) is 45.9 Å². The number of rotatable bonds is 7. The summed E-state index contributed by atoms with van der Waals surface area (Å²) in [6, 6.07) is 10.2. The number of nitrogens with zero attached hydrogens (tertiary/aromatic N) is 2. The molecule has 1 amide bonds. The van der Waals surface area contributed by atoms with Gasteiger partial charge in [0.2, 0.25) is 5.91 Å². The Morgan fingerprint density at radius 1 is 1.22 bits per heavy atom. The van der Waals surface area contributed by atoms with Gasteiger partial charge in [0.05, 0.1) is 13.2 Å². The number of carbonyl (C=O) groups excluding carboxylic acids is 1. The largest absolute Gasteiger partial charge is 0.379 e. The lowest BCUT2D eigenvalue weighted by molar-refractivity contribution is -0.132. The van der Waals surface area contributed by atoms with Crippen LogP contribution in [0.25, 0.3) is 6.08 Å². The molecule has 1 saturated heterocycles. The molecule has 1 aliphatic heterocycles. The van der Waals surface area contributed by atoms with Crippen LogP contribution in [0.15, 0.2) is 36.4 Å². The molecule has 0 N–H and O–H groups in total. The van der Waals surface area contributed by atoms with Crippen LogP contribution >= 0.6 is 0 Å². The van der Waals surface area contributed by atoms with Gasteiger partial charge >= 0.3 is 0 Å². The molecule has 124 valence electrons. The molecule has 0 bridgehead atoms. The van der Waals surface area contributed by atoms with Crippen LogP contribution in [0, 0.1) is 5.92 Å². The predicted octanol–water partition coefficient (Wildman–Crippen LogP) is 2.27. The Balaban J connectivity index is 1.52. The van der Waals surface area contributed by atoms with Crippen molar-refractivity contribution < 1.29 is 9.53 Å². The van der Waals surface area contributed by atoms with Gasteiger partial charge < -0.3 is 9.64 Å². The highest BCUT2D eigenvalue weighted by atomic mass is 16.5. The molecule has 1 aliphatic carbocycles. The van der Waals surface area contributed by atoms with E-state index in [-0.39, 0.29) is 5.92 Å². The third kappa shape index (κ3) is 5.19. The van der Waals surface area contributed by atoms with Crippen LogP contribution < -0.4 is 0 Å². The lowest BCUT2D eigenvalue weighted by Gasteiger charge is -2.29. The van der Waals surface area contributed by atoms with E-state index in [4.69, 9.17) is 4.74 Å². The molecule has 0 radical (unpaired) electrons. The Morgan fingerprint density at radius 2 is 1.96 bits per heavy atom. The van der Waals surface area contributed by atoms with E-state index >= 15 is 0 Å². The molecule has 3 rings (SSSR count). The average Bonchev–Trinajstić information content (AvgIpc) is 3.44. The van der Waals surface area contributed by atoms with E-state index in [1.54, 1.807) is 0 Å². The summed E-state index contributed by atoms with van der Waals surface area (Å²) < 4.78 is 5.38. The first-order valence-electron chi connectivity index (χ1n) is 8.63. The monoisotopic (exact) mass is 314 g/mol. The van der Waals surface area contributed by atoms with Crippen LogP contribution in [-0.2, 0) is 9.53 Å². The number of morpholine rings is 1. The topological polar surface area (TPSA) is 32.8 Å². The molecule has 0 unspecified atom stereocenters. The zero-order valence-electron chi connectivity index (χ0n) is 13.7. The third-order valence-electron chi connectivity index (χ3n) is 4.46. The SMILES string of the molecule is O=C(C1CC1)N(C/C=C/c1ccccc1)CCN1CCOCC1. The second kappa shape index (κ2) is 8.27. The Kier molecular flexibility index (Phi) is 5.83. The first-order valence-corrected chi connectivity index (χ1v) is 8.63. The second-order valence-corrected chi connectivity index (χ2v) is 6.33. The van der Waals surface area contributed by atoms with Crippen molar-refractivity contribution in [1.82, 2.24) is 9.80 Å². The normalized spacial score (nSPS) is 19.1. The molecule has 1 aromatic rings. The van der Waals surface area contributed by atoms with Crippen molar-refractivity contribution in [2.24, 2.45) is 5.92 Å². The van der Waals surface area contributed by atoms with Gasteiger partial charge in [0, 0.05) is 38.6 Å². The lowest BCUT2D eigenvalue weighted by Crippen LogP contribution is -2.43. The highest BCUT2D eigenvalue weighted by molar-refractivity contribution is 5.81. The van der Waals surface area contributed by atoms with Gasteiger partial charge in [-0.3, -0.25) is 9.69 Å². The van der Waals surface area contributed by atoms with E-state index in [2.05, 4.69) is 29.2 Å². The van der Waals surface area contributed by atoms with Gasteiger partial charge in [-0.2, -0.15) is 0 Å². The quantitative estimate of drug-likeness (QED) is 0.774. The average molecular weight is 314 g/mol. The fraction of sp³-hybridized carbons (Fsp3) is 0.526. The first-order chi connectivity index (χ1) is 11.3. The zero-order chi connectivity index (χ0) is 15.9. The van der Waals surface area contributed by atoms with E-state index in [0.29, 0.717) is 12.5 Å². The molecule has 2 aliphatic rings. The van der Waals surface area contributed by atoms with Gasteiger partial charge in [-0.1, -0.05) is 42.5 Å². The van der Waals surface area contributed by atoms with Gasteiger partial charge in [0.1, 0.15) is 0 Å². The maximum absolute atomic E-state index is 12.5. The summed E-state index contributed by atoms with van der Waals surface area (Å²) in [7, 11) is 0. The molecule has 0 spiro atoms. The number of carbonyl (C=O) groups is 1. The first kappa shape index (κ1) is 16.2. The fourth-order valence-corrected chi connectivity index (χ4v) is 2.85. The fourth-order valence-electron chi connectivity index (χ4n) is 2.85. The molecule has 1 saturated carbocycles. The van der Waals surface area contributed by atoms with Gasteiger partial charge in [-0.15, -0.1) is 0 Å². The molecule has 1 heterocycles. The van der Waals surface area contributed by atoms with Crippen molar-refractivity contribution in [3.8, 4) is 0 Å². The summed E-state index contributed by atoms with van der Waals surface area (Å²) in [5, 5.41) is 0. The molecule has 0 aromatic heterocycles. The van der Waals surface area contributed by atoms with Crippen LogP contribution in [-0.4, -0.2) is 61.6 Å². The number of benzene rings is 1. The molecule has 0 atom stereocenters. The van der Waals surface area contributed by atoms with Crippen LogP contribution in [0.1, 0.15) is 18.4 Å². The third-order valence-corrected chi connectivity index (χ3v) is 4.46. The van der Waals surface area contributed by atoms with Gasteiger partial charge in [0.25, 0.3) is 0 Å². The summed E-state index contributed by atoms with van der Waals surface area (Å²) in [6.07, 6.45) is 6.33. The minimum Gasteiger partial charge on any atom is -0.379 e. The van der Waals surface area contributed by atoms with Crippen molar-refractivity contribution in [1.29, 1.82) is 0 Å². The number of hydrogen-bond donors (Lipinski definition) is 0. The lowest BCUT2D eigenvalue weighted by atomic mass is 10.2. The standard InChI is InChI=1S/C19H26N2O2/c22-19(18-8-9-18)21(12-11-20-13-15-23-16-14-20)10-4-7-17-5-2-1-3-6-17/h1-7,18H,8-16H2/b7-4+. The Hall–Kier alpha value is -1.65. The number of ether oxygens (including phenoxy) is 1. The van der Waals surface area contributed by atoms with Crippen molar-refractivity contribution in [2.45, 2.75) is 12.8 Å². The van der Waals surface area contributed by atoms with Crippen molar-refractivity contribution in [3.63, 3.8) is 0 Å². The molecule has 4 heteroatoms. The molecular formula is C19H26N2O2. The molecule has 4 nitrogen and oxygen atoms in total. The van der Waals surface area contributed by atoms with Crippen molar-refractivity contribution in [3.05, 3.63) is 42.0 Å². The van der Waals surface area contributed by atoms with Crippen LogP contribution in [0.5, 0.6) is 0 Å². The van der Waals surface area contributed by atoms with Gasteiger partial charge in [-0.25, -0.2) is 0 Å².